The summed E-state index contributed by atoms with van der Waals surface area (Å²) in [5.74, 6) is 1.07. The molecule has 6 nitrogen and oxygen atoms in total. The van der Waals surface area contributed by atoms with Gasteiger partial charge in [0.05, 0.1) is 12.2 Å². The second-order valence-electron chi connectivity index (χ2n) is 8.81. The molecule has 0 bridgehead atoms. The smallest absolute Gasteiger partial charge is 0.257 e. The highest BCUT2D eigenvalue weighted by Crippen LogP contribution is 2.38. The average molecular weight is 456 g/mol. The van der Waals surface area contributed by atoms with Crippen molar-refractivity contribution in [3.05, 3.63) is 64.2 Å². The Morgan fingerprint density at radius 2 is 1.81 bits per heavy atom. The van der Waals surface area contributed by atoms with Crippen LogP contribution >= 0.6 is 11.6 Å². The molecule has 0 aromatic heterocycles. The lowest BCUT2D eigenvalue weighted by Crippen LogP contribution is -2.36. The Labute approximate surface area is 194 Å². The van der Waals surface area contributed by atoms with E-state index in [2.05, 4.69) is 4.90 Å². The Hall–Kier alpha value is -2.57. The van der Waals surface area contributed by atoms with Crippen molar-refractivity contribution >= 4 is 23.4 Å². The van der Waals surface area contributed by atoms with E-state index in [0.29, 0.717) is 47.9 Å². The number of halogens is 1. The van der Waals surface area contributed by atoms with Gasteiger partial charge in [-0.2, -0.15) is 0 Å². The fourth-order valence-electron chi connectivity index (χ4n) is 5.01. The molecule has 2 fully saturated rings. The SMILES string of the molecule is CCOc1ccccc1C(=O)N1CC2CN(C(CC(N)=O)c3ccc(C)c(Cl)c3)CC2C1. The van der Waals surface area contributed by atoms with Crippen LogP contribution in [0.4, 0.5) is 0 Å². The first-order valence-corrected chi connectivity index (χ1v) is 11.5. The van der Waals surface area contributed by atoms with Crippen molar-refractivity contribution in [1.29, 1.82) is 0 Å². The topological polar surface area (TPSA) is 75.9 Å². The minimum Gasteiger partial charge on any atom is -0.493 e. The van der Waals surface area contributed by atoms with E-state index in [1.54, 1.807) is 0 Å². The Kier molecular flexibility index (Phi) is 6.72. The van der Waals surface area contributed by atoms with Gasteiger partial charge in [0.25, 0.3) is 5.91 Å². The lowest BCUT2D eigenvalue weighted by Gasteiger charge is -2.29. The molecule has 32 heavy (non-hydrogen) atoms. The quantitative estimate of drug-likeness (QED) is 0.691. The fourth-order valence-corrected chi connectivity index (χ4v) is 5.20. The number of carbonyl (C=O) groups excluding carboxylic acids is 2. The van der Waals surface area contributed by atoms with Gasteiger partial charge in [-0.1, -0.05) is 35.9 Å². The van der Waals surface area contributed by atoms with Crippen molar-refractivity contribution in [1.82, 2.24) is 9.80 Å². The third-order valence-electron chi connectivity index (χ3n) is 6.63. The van der Waals surface area contributed by atoms with Gasteiger partial charge in [-0.15, -0.1) is 0 Å². The molecule has 2 heterocycles. The van der Waals surface area contributed by atoms with Gasteiger partial charge >= 0.3 is 0 Å². The van der Waals surface area contributed by atoms with Gasteiger partial charge in [0.1, 0.15) is 5.75 Å². The van der Waals surface area contributed by atoms with E-state index in [0.717, 1.165) is 24.2 Å². The number of hydrogen-bond donors (Lipinski definition) is 1. The number of nitrogens with two attached hydrogens (primary N) is 1. The molecule has 2 aliphatic heterocycles. The maximum absolute atomic E-state index is 13.2. The number of hydrogen-bond acceptors (Lipinski definition) is 4. The van der Waals surface area contributed by atoms with Crippen molar-refractivity contribution in [2.24, 2.45) is 17.6 Å². The number of likely N-dealkylation sites (tertiary alicyclic amines) is 2. The number of nitrogens with zero attached hydrogens (tertiary/aromatic N) is 2. The fraction of sp³-hybridized carbons (Fsp3) is 0.440. The number of aryl methyl sites for hydroxylation is 1. The number of primary amides is 1. The molecule has 2 aromatic carbocycles. The number of carbonyl (C=O) groups is 2. The Bertz CT molecular complexity index is 998. The highest BCUT2D eigenvalue weighted by Gasteiger charge is 2.44. The summed E-state index contributed by atoms with van der Waals surface area (Å²) in [6, 6.07) is 13.3. The minimum absolute atomic E-state index is 0.0222. The third-order valence-corrected chi connectivity index (χ3v) is 7.04. The molecule has 3 atom stereocenters. The molecule has 0 saturated carbocycles. The van der Waals surface area contributed by atoms with Crippen LogP contribution in [-0.4, -0.2) is 54.4 Å². The van der Waals surface area contributed by atoms with E-state index in [4.69, 9.17) is 22.1 Å². The second kappa shape index (κ2) is 9.51. The van der Waals surface area contributed by atoms with E-state index in [9.17, 15) is 9.59 Å². The summed E-state index contributed by atoms with van der Waals surface area (Å²) in [5.41, 5.74) is 8.22. The van der Waals surface area contributed by atoms with Gasteiger partial charge < -0.3 is 15.4 Å². The zero-order valence-electron chi connectivity index (χ0n) is 18.6. The van der Waals surface area contributed by atoms with Crippen molar-refractivity contribution in [2.45, 2.75) is 26.3 Å². The highest BCUT2D eigenvalue weighted by molar-refractivity contribution is 6.31. The highest BCUT2D eigenvalue weighted by atomic mass is 35.5. The Balaban J connectivity index is 1.47. The van der Waals surface area contributed by atoms with E-state index in [1.165, 1.54) is 0 Å². The predicted octanol–water partition coefficient (Wildman–Crippen LogP) is 3.67. The van der Waals surface area contributed by atoms with Gasteiger partial charge in [0, 0.05) is 43.7 Å². The van der Waals surface area contributed by atoms with Crippen molar-refractivity contribution in [3.63, 3.8) is 0 Å². The van der Waals surface area contributed by atoms with Crippen molar-refractivity contribution < 1.29 is 14.3 Å². The molecule has 0 spiro atoms. The maximum atomic E-state index is 13.2. The lowest BCUT2D eigenvalue weighted by molar-refractivity contribution is -0.119. The average Bonchev–Trinajstić information content (AvgIpc) is 3.33. The largest absolute Gasteiger partial charge is 0.493 e. The normalized spacial score (nSPS) is 21.4. The monoisotopic (exact) mass is 455 g/mol. The summed E-state index contributed by atoms with van der Waals surface area (Å²) in [7, 11) is 0. The number of fused-ring (bicyclic) bond motifs is 1. The molecule has 0 aliphatic carbocycles. The van der Waals surface area contributed by atoms with Crippen LogP contribution in [0.2, 0.25) is 5.02 Å². The first kappa shape index (κ1) is 22.6. The molecular weight excluding hydrogens is 426 g/mol. The standard InChI is InChI=1S/C25H30ClN3O3/c1-3-32-23-7-5-4-6-20(23)25(31)29-14-18-12-28(13-19(18)15-29)22(11-24(27)30)17-9-8-16(2)21(26)10-17/h4-10,18-19,22H,3,11-15H2,1-2H3,(H2,27,30). The minimum atomic E-state index is -0.326. The van der Waals surface area contributed by atoms with E-state index < -0.39 is 0 Å². The van der Waals surface area contributed by atoms with Crippen LogP contribution in [0.1, 0.15) is 40.9 Å². The summed E-state index contributed by atoms with van der Waals surface area (Å²) in [6.45, 7) is 7.46. The number of amides is 2. The van der Waals surface area contributed by atoms with Crippen LogP contribution < -0.4 is 10.5 Å². The molecule has 2 aromatic rings. The van der Waals surface area contributed by atoms with E-state index in [1.807, 2.05) is 61.2 Å². The molecule has 2 saturated heterocycles. The molecule has 0 radical (unpaired) electrons. The van der Waals surface area contributed by atoms with E-state index in [-0.39, 0.29) is 24.3 Å². The summed E-state index contributed by atoms with van der Waals surface area (Å²) in [4.78, 5) is 29.3. The summed E-state index contributed by atoms with van der Waals surface area (Å²) >= 11 is 6.36. The second-order valence-corrected chi connectivity index (χ2v) is 9.22. The molecule has 3 unspecified atom stereocenters. The van der Waals surface area contributed by atoms with Gasteiger partial charge in [0.15, 0.2) is 0 Å². The molecule has 7 heteroatoms. The lowest BCUT2D eigenvalue weighted by atomic mass is 10.0. The van der Waals surface area contributed by atoms with E-state index >= 15 is 0 Å². The summed E-state index contributed by atoms with van der Waals surface area (Å²) in [5, 5.41) is 0.695. The first-order valence-electron chi connectivity index (χ1n) is 11.2. The molecule has 170 valence electrons. The third kappa shape index (κ3) is 4.62. The van der Waals surface area contributed by atoms with Crippen LogP contribution in [0.3, 0.4) is 0 Å². The van der Waals surface area contributed by atoms with Crippen LogP contribution in [0, 0.1) is 18.8 Å². The Morgan fingerprint density at radius 3 is 2.44 bits per heavy atom. The number of para-hydroxylation sites is 1. The van der Waals surface area contributed by atoms with Crippen LogP contribution in [0.5, 0.6) is 5.75 Å². The number of rotatable bonds is 7. The number of ether oxygens (including phenoxy) is 1. The predicted molar refractivity (Wildman–Crippen MR) is 125 cm³/mol. The zero-order chi connectivity index (χ0) is 22.8. The van der Waals surface area contributed by atoms with Crippen molar-refractivity contribution in [2.75, 3.05) is 32.8 Å². The van der Waals surface area contributed by atoms with Gasteiger partial charge in [0.2, 0.25) is 5.91 Å². The molecular formula is C25H30ClN3O3. The van der Waals surface area contributed by atoms with Gasteiger partial charge in [-0.3, -0.25) is 14.5 Å². The Morgan fingerprint density at radius 1 is 1.12 bits per heavy atom. The molecule has 2 amide bonds. The molecule has 2 aliphatic rings. The molecule has 2 N–H and O–H groups in total. The molecule has 4 rings (SSSR count). The van der Waals surface area contributed by atoms with Crippen LogP contribution in [-0.2, 0) is 4.79 Å². The van der Waals surface area contributed by atoms with Gasteiger partial charge in [-0.25, -0.2) is 0 Å². The van der Waals surface area contributed by atoms with Crippen LogP contribution in [0.15, 0.2) is 42.5 Å². The summed E-state index contributed by atoms with van der Waals surface area (Å²) < 4.78 is 5.65. The van der Waals surface area contributed by atoms with Crippen molar-refractivity contribution in [3.8, 4) is 5.75 Å². The maximum Gasteiger partial charge on any atom is 0.257 e. The van der Waals surface area contributed by atoms with Gasteiger partial charge in [-0.05, 0) is 55.0 Å². The first-order chi connectivity index (χ1) is 15.4. The van der Waals surface area contributed by atoms with Crippen LogP contribution in [0.25, 0.3) is 0 Å². The zero-order valence-corrected chi connectivity index (χ0v) is 19.3. The summed E-state index contributed by atoms with van der Waals surface area (Å²) in [6.07, 6.45) is 0.253. The number of benzene rings is 2.